The SMILES string of the molecule is CC(C)N1C2CCC1CN(c1cnn(C)c1)C2. The van der Waals surface area contributed by atoms with Crippen LogP contribution in [0, 0.1) is 0 Å². The van der Waals surface area contributed by atoms with E-state index in [1.165, 1.54) is 31.6 Å². The molecule has 0 radical (unpaired) electrons. The summed E-state index contributed by atoms with van der Waals surface area (Å²) in [5, 5.41) is 4.28. The maximum Gasteiger partial charge on any atom is 0.0753 e. The van der Waals surface area contributed by atoms with Gasteiger partial charge in [-0.15, -0.1) is 0 Å². The zero-order valence-corrected chi connectivity index (χ0v) is 11.0. The van der Waals surface area contributed by atoms with Crippen LogP contribution in [0.15, 0.2) is 12.4 Å². The van der Waals surface area contributed by atoms with Crippen LogP contribution in [0.1, 0.15) is 26.7 Å². The van der Waals surface area contributed by atoms with E-state index in [1.54, 1.807) is 0 Å². The second-order valence-corrected chi connectivity index (χ2v) is 5.70. The molecule has 1 aromatic rings. The summed E-state index contributed by atoms with van der Waals surface area (Å²) in [4.78, 5) is 5.22. The lowest BCUT2D eigenvalue weighted by Gasteiger charge is -2.43. The van der Waals surface area contributed by atoms with E-state index in [4.69, 9.17) is 0 Å². The van der Waals surface area contributed by atoms with E-state index < -0.39 is 0 Å². The second kappa shape index (κ2) is 4.02. The third kappa shape index (κ3) is 1.84. The monoisotopic (exact) mass is 234 g/mol. The third-order valence-electron chi connectivity index (χ3n) is 4.19. The summed E-state index contributed by atoms with van der Waals surface area (Å²) in [5.74, 6) is 0. The van der Waals surface area contributed by atoms with Crippen molar-refractivity contribution in [3.8, 4) is 0 Å². The molecule has 4 heteroatoms. The summed E-state index contributed by atoms with van der Waals surface area (Å²) in [6.07, 6.45) is 6.84. The van der Waals surface area contributed by atoms with Crippen molar-refractivity contribution in [2.45, 2.75) is 44.8 Å². The number of nitrogens with zero attached hydrogens (tertiary/aromatic N) is 4. The predicted molar refractivity (Wildman–Crippen MR) is 69.2 cm³/mol. The molecule has 0 amide bonds. The van der Waals surface area contributed by atoms with Crippen LogP contribution < -0.4 is 4.90 Å². The molecule has 3 rings (SSSR count). The Labute approximate surface area is 103 Å². The molecule has 3 heterocycles. The number of aromatic nitrogens is 2. The second-order valence-electron chi connectivity index (χ2n) is 5.70. The number of fused-ring (bicyclic) bond motifs is 2. The van der Waals surface area contributed by atoms with Crippen molar-refractivity contribution in [2.24, 2.45) is 7.05 Å². The minimum atomic E-state index is 0.684. The molecule has 0 saturated carbocycles. The van der Waals surface area contributed by atoms with Crippen LogP contribution in [0.4, 0.5) is 5.69 Å². The molecule has 0 spiro atoms. The van der Waals surface area contributed by atoms with Crippen LogP contribution in [0.25, 0.3) is 0 Å². The summed E-state index contributed by atoms with van der Waals surface area (Å²) in [6.45, 7) is 6.98. The minimum Gasteiger partial charge on any atom is -0.366 e. The smallest absolute Gasteiger partial charge is 0.0753 e. The molecule has 2 unspecified atom stereocenters. The molecular weight excluding hydrogens is 212 g/mol. The average molecular weight is 234 g/mol. The van der Waals surface area contributed by atoms with E-state index in [9.17, 15) is 0 Å². The average Bonchev–Trinajstić information content (AvgIpc) is 2.81. The van der Waals surface area contributed by atoms with Gasteiger partial charge in [0.05, 0.1) is 11.9 Å². The van der Waals surface area contributed by atoms with E-state index in [2.05, 4.69) is 34.9 Å². The lowest BCUT2D eigenvalue weighted by atomic mass is 10.1. The Balaban J connectivity index is 1.77. The van der Waals surface area contributed by atoms with Gasteiger partial charge < -0.3 is 4.90 Å². The third-order valence-corrected chi connectivity index (χ3v) is 4.19. The summed E-state index contributed by atoms with van der Waals surface area (Å²) < 4.78 is 1.89. The first-order chi connectivity index (χ1) is 8.15. The first-order valence-electron chi connectivity index (χ1n) is 6.66. The van der Waals surface area contributed by atoms with Crippen LogP contribution in [-0.2, 0) is 7.05 Å². The van der Waals surface area contributed by atoms with E-state index >= 15 is 0 Å². The Kier molecular flexibility index (Phi) is 2.62. The highest BCUT2D eigenvalue weighted by Crippen LogP contribution is 2.33. The van der Waals surface area contributed by atoms with Gasteiger partial charge in [-0.25, -0.2) is 0 Å². The molecule has 2 saturated heterocycles. The number of aryl methyl sites for hydroxylation is 1. The predicted octanol–water partition coefficient (Wildman–Crippen LogP) is 1.48. The van der Waals surface area contributed by atoms with Gasteiger partial charge in [0.15, 0.2) is 0 Å². The number of anilines is 1. The van der Waals surface area contributed by atoms with Gasteiger partial charge in [-0.05, 0) is 26.7 Å². The fourth-order valence-electron chi connectivity index (χ4n) is 3.56. The van der Waals surface area contributed by atoms with Gasteiger partial charge in [0.2, 0.25) is 0 Å². The Bertz CT molecular complexity index is 384. The van der Waals surface area contributed by atoms with E-state index in [0.29, 0.717) is 6.04 Å². The van der Waals surface area contributed by atoms with Crippen molar-refractivity contribution in [1.82, 2.24) is 14.7 Å². The summed E-state index contributed by atoms with van der Waals surface area (Å²) in [7, 11) is 1.99. The molecule has 2 bridgehead atoms. The van der Waals surface area contributed by atoms with Crippen LogP contribution in [0.5, 0.6) is 0 Å². The number of piperazine rings is 1. The van der Waals surface area contributed by atoms with E-state index in [1.807, 2.05) is 17.9 Å². The van der Waals surface area contributed by atoms with Crippen molar-refractivity contribution in [3.05, 3.63) is 12.4 Å². The molecule has 0 aliphatic carbocycles. The summed E-state index contributed by atoms with van der Waals surface area (Å²) in [5.41, 5.74) is 1.29. The van der Waals surface area contributed by atoms with E-state index in [0.717, 1.165) is 12.1 Å². The summed E-state index contributed by atoms with van der Waals surface area (Å²) >= 11 is 0. The maximum absolute atomic E-state index is 4.28. The first-order valence-corrected chi connectivity index (χ1v) is 6.66. The highest BCUT2D eigenvalue weighted by Gasteiger charge is 2.41. The Morgan fingerprint density at radius 2 is 1.88 bits per heavy atom. The van der Waals surface area contributed by atoms with Crippen LogP contribution in [0.3, 0.4) is 0 Å². The van der Waals surface area contributed by atoms with Gasteiger partial charge in [-0.1, -0.05) is 0 Å². The van der Waals surface area contributed by atoms with Gasteiger partial charge in [-0.3, -0.25) is 9.58 Å². The lowest BCUT2D eigenvalue weighted by Crippen LogP contribution is -2.56. The molecule has 0 aromatic carbocycles. The summed E-state index contributed by atoms with van der Waals surface area (Å²) in [6, 6.07) is 2.17. The van der Waals surface area contributed by atoms with Gasteiger partial charge in [0.1, 0.15) is 0 Å². The first kappa shape index (κ1) is 11.1. The molecule has 2 aliphatic heterocycles. The molecule has 94 valence electrons. The fraction of sp³-hybridized carbons (Fsp3) is 0.769. The van der Waals surface area contributed by atoms with Crippen LogP contribution >= 0.6 is 0 Å². The Hall–Kier alpha value is -1.03. The minimum absolute atomic E-state index is 0.684. The van der Waals surface area contributed by atoms with E-state index in [-0.39, 0.29) is 0 Å². The number of hydrogen-bond acceptors (Lipinski definition) is 3. The quantitative estimate of drug-likeness (QED) is 0.774. The van der Waals surface area contributed by atoms with Gasteiger partial charge >= 0.3 is 0 Å². The number of hydrogen-bond donors (Lipinski definition) is 0. The van der Waals surface area contributed by atoms with Crippen molar-refractivity contribution >= 4 is 5.69 Å². The van der Waals surface area contributed by atoms with Crippen molar-refractivity contribution < 1.29 is 0 Å². The molecule has 17 heavy (non-hydrogen) atoms. The zero-order valence-electron chi connectivity index (χ0n) is 11.0. The molecule has 1 aromatic heterocycles. The standard InChI is InChI=1S/C13H22N4/c1-10(2)17-11-4-5-12(17)9-16(8-11)13-6-14-15(3)7-13/h6-7,10-12H,4-5,8-9H2,1-3H3. The van der Waals surface area contributed by atoms with Crippen LogP contribution in [-0.4, -0.2) is 45.9 Å². The fourth-order valence-corrected chi connectivity index (χ4v) is 3.56. The van der Waals surface area contributed by atoms with Crippen molar-refractivity contribution in [1.29, 1.82) is 0 Å². The van der Waals surface area contributed by atoms with Crippen LogP contribution in [0.2, 0.25) is 0 Å². The van der Waals surface area contributed by atoms with Gasteiger partial charge in [0, 0.05) is 44.5 Å². The molecule has 2 atom stereocenters. The molecule has 0 N–H and O–H groups in total. The highest BCUT2D eigenvalue weighted by molar-refractivity contribution is 5.44. The Morgan fingerprint density at radius 3 is 2.35 bits per heavy atom. The highest BCUT2D eigenvalue weighted by atomic mass is 15.4. The Morgan fingerprint density at radius 1 is 1.24 bits per heavy atom. The molecule has 2 aliphatic rings. The van der Waals surface area contributed by atoms with Gasteiger partial charge in [0.25, 0.3) is 0 Å². The number of rotatable bonds is 2. The normalized spacial score (nSPS) is 29.3. The lowest BCUT2D eigenvalue weighted by molar-refractivity contribution is 0.129. The maximum atomic E-state index is 4.28. The van der Waals surface area contributed by atoms with Crippen molar-refractivity contribution in [2.75, 3.05) is 18.0 Å². The topological polar surface area (TPSA) is 24.3 Å². The van der Waals surface area contributed by atoms with Gasteiger partial charge in [-0.2, -0.15) is 5.10 Å². The largest absolute Gasteiger partial charge is 0.366 e. The molecular formula is C13H22N4. The molecule has 4 nitrogen and oxygen atoms in total. The van der Waals surface area contributed by atoms with Crippen molar-refractivity contribution in [3.63, 3.8) is 0 Å². The zero-order chi connectivity index (χ0) is 12.0. The molecule has 2 fully saturated rings.